The fourth-order valence-corrected chi connectivity index (χ4v) is 3.23. The Balaban J connectivity index is 1.48. The van der Waals surface area contributed by atoms with Gasteiger partial charge in [-0.3, -0.25) is 9.59 Å². The molecule has 0 unspecified atom stereocenters. The molecule has 2 fully saturated rings. The minimum atomic E-state index is -0.668. The Bertz CT molecular complexity index is 638. The average molecular weight is 332 g/mol. The van der Waals surface area contributed by atoms with Gasteiger partial charge < -0.3 is 20.1 Å². The fourth-order valence-electron chi connectivity index (χ4n) is 3.23. The van der Waals surface area contributed by atoms with Crippen LogP contribution in [0.3, 0.4) is 0 Å². The second kappa shape index (κ2) is 6.91. The van der Waals surface area contributed by atoms with Gasteiger partial charge in [0.05, 0.1) is 6.61 Å². The molecule has 6 heteroatoms. The number of hydrogen-bond acceptors (Lipinski definition) is 4. The van der Waals surface area contributed by atoms with E-state index in [-0.39, 0.29) is 12.6 Å². The highest BCUT2D eigenvalue weighted by molar-refractivity contribution is 6.39. The van der Waals surface area contributed by atoms with E-state index in [1.165, 1.54) is 0 Å². The van der Waals surface area contributed by atoms with E-state index in [1.54, 1.807) is 0 Å². The Labute approximate surface area is 141 Å². The van der Waals surface area contributed by atoms with Gasteiger partial charge in [-0.05, 0) is 43.9 Å². The first-order valence-electron chi connectivity index (χ1n) is 8.46. The van der Waals surface area contributed by atoms with Crippen molar-refractivity contribution < 1.29 is 19.1 Å². The molecule has 1 aromatic rings. The van der Waals surface area contributed by atoms with Crippen LogP contribution in [0.4, 0.5) is 5.69 Å². The van der Waals surface area contributed by atoms with Crippen LogP contribution >= 0.6 is 0 Å². The normalized spacial score (nSPS) is 21.8. The molecule has 2 N–H and O–H groups in total. The smallest absolute Gasteiger partial charge is 0.313 e. The molecule has 1 spiro atoms. The third-order valence-electron chi connectivity index (χ3n) is 4.62. The molecule has 6 nitrogen and oxygen atoms in total. The molecule has 1 aliphatic carbocycles. The lowest BCUT2D eigenvalue weighted by molar-refractivity contribution is -0.161. The summed E-state index contributed by atoms with van der Waals surface area (Å²) in [5.41, 5.74) is 2.59. The van der Waals surface area contributed by atoms with Gasteiger partial charge in [-0.15, -0.1) is 0 Å². The standard InChI is InChI=1S/C18H24N2O4/c1-12-5-6-13(2)15(9-12)20-17(22)16(21)19-10-14-11-23-18(24-14)7-3-4-8-18/h5-6,9,14H,3-4,7-8,10-11H2,1-2H3,(H,19,21)(H,20,22)/t14-/m0/s1. The van der Waals surface area contributed by atoms with Gasteiger partial charge in [0.15, 0.2) is 5.79 Å². The zero-order chi connectivity index (χ0) is 17.2. The van der Waals surface area contributed by atoms with Gasteiger partial charge in [-0.25, -0.2) is 0 Å². The predicted octanol–water partition coefficient (Wildman–Crippen LogP) is 2.04. The van der Waals surface area contributed by atoms with Crippen molar-refractivity contribution in [3.8, 4) is 0 Å². The van der Waals surface area contributed by atoms with Gasteiger partial charge in [-0.1, -0.05) is 12.1 Å². The Morgan fingerprint density at radius 3 is 2.71 bits per heavy atom. The van der Waals surface area contributed by atoms with Crippen LogP contribution in [0.5, 0.6) is 0 Å². The first kappa shape index (κ1) is 16.9. The van der Waals surface area contributed by atoms with Crippen LogP contribution in [0.2, 0.25) is 0 Å². The molecule has 24 heavy (non-hydrogen) atoms. The molecule has 1 aromatic carbocycles. The van der Waals surface area contributed by atoms with Crippen molar-refractivity contribution >= 4 is 17.5 Å². The largest absolute Gasteiger partial charge is 0.347 e. The van der Waals surface area contributed by atoms with Gasteiger partial charge >= 0.3 is 11.8 Å². The van der Waals surface area contributed by atoms with Crippen molar-refractivity contribution in [2.45, 2.75) is 51.4 Å². The highest BCUT2D eigenvalue weighted by Gasteiger charge is 2.43. The van der Waals surface area contributed by atoms with Crippen LogP contribution < -0.4 is 10.6 Å². The van der Waals surface area contributed by atoms with Crippen LogP contribution in [0.15, 0.2) is 18.2 Å². The van der Waals surface area contributed by atoms with E-state index in [0.717, 1.165) is 36.8 Å². The van der Waals surface area contributed by atoms with Crippen molar-refractivity contribution in [2.75, 3.05) is 18.5 Å². The molecule has 1 aliphatic heterocycles. The number of aryl methyl sites for hydroxylation is 2. The Morgan fingerprint density at radius 1 is 1.21 bits per heavy atom. The summed E-state index contributed by atoms with van der Waals surface area (Å²) >= 11 is 0. The summed E-state index contributed by atoms with van der Waals surface area (Å²) in [6, 6.07) is 5.72. The van der Waals surface area contributed by atoms with Crippen molar-refractivity contribution in [1.29, 1.82) is 0 Å². The molecular formula is C18H24N2O4. The SMILES string of the molecule is Cc1ccc(C)c(NC(=O)C(=O)NC[C@H]2COC3(CCCC3)O2)c1. The van der Waals surface area contributed by atoms with E-state index >= 15 is 0 Å². The zero-order valence-corrected chi connectivity index (χ0v) is 14.2. The summed E-state index contributed by atoms with van der Waals surface area (Å²) in [6.45, 7) is 4.56. The van der Waals surface area contributed by atoms with Crippen molar-refractivity contribution in [3.05, 3.63) is 29.3 Å². The molecule has 0 aromatic heterocycles. The first-order valence-corrected chi connectivity index (χ1v) is 8.46. The molecule has 2 amide bonds. The number of hydrogen-bond donors (Lipinski definition) is 2. The van der Waals surface area contributed by atoms with Crippen LogP contribution in [-0.2, 0) is 19.1 Å². The Hall–Kier alpha value is -1.92. The molecular weight excluding hydrogens is 308 g/mol. The maximum atomic E-state index is 12.0. The first-order chi connectivity index (χ1) is 11.5. The lowest BCUT2D eigenvalue weighted by atomic mass is 10.1. The molecule has 1 heterocycles. The summed E-state index contributed by atoms with van der Waals surface area (Å²) in [5.74, 6) is -1.78. The summed E-state index contributed by atoms with van der Waals surface area (Å²) in [7, 11) is 0. The maximum absolute atomic E-state index is 12.0. The number of amides is 2. The summed E-state index contributed by atoms with van der Waals surface area (Å²) in [4.78, 5) is 24.0. The minimum Gasteiger partial charge on any atom is -0.347 e. The minimum absolute atomic E-state index is 0.194. The molecule has 1 saturated heterocycles. The lowest BCUT2D eigenvalue weighted by Crippen LogP contribution is -2.40. The highest BCUT2D eigenvalue weighted by Crippen LogP contribution is 2.38. The fraction of sp³-hybridized carbons (Fsp3) is 0.556. The number of rotatable bonds is 3. The van der Waals surface area contributed by atoms with Gasteiger partial charge in [0.2, 0.25) is 0 Å². The number of carbonyl (C=O) groups excluding carboxylic acids is 2. The maximum Gasteiger partial charge on any atom is 0.313 e. The van der Waals surface area contributed by atoms with E-state index in [2.05, 4.69) is 10.6 Å². The van der Waals surface area contributed by atoms with Crippen LogP contribution in [0, 0.1) is 13.8 Å². The summed E-state index contributed by atoms with van der Waals surface area (Å²) in [6.07, 6.45) is 3.84. The van der Waals surface area contributed by atoms with Gasteiger partial charge in [0.25, 0.3) is 0 Å². The third kappa shape index (κ3) is 3.76. The van der Waals surface area contributed by atoms with Crippen molar-refractivity contribution in [2.24, 2.45) is 0 Å². The van der Waals surface area contributed by atoms with E-state index in [4.69, 9.17) is 9.47 Å². The lowest BCUT2D eigenvalue weighted by Gasteiger charge is -2.21. The topological polar surface area (TPSA) is 76.7 Å². The van der Waals surface area contributed by atoms with Crippen LogP contribution in [0.1, 0.15) is 36.8 Å². The second-order valence-electron chi connectivity index (χ2n) is 6.65. The van der Waals surface area contributed by atoms with E-state index in [0.29, 0.717) is 12.3 Å². The number of ether oxygens (including phenoxy) is 2. The second-order valence-corrected chi connectivity index (χ2v) is 6.65. The number of carbonyl (C=O) groups is 2. The molecule has 2 aliphatic rings. The van der Waals surface area contributed by atoms with Gasteiger partial charge in [0, 0.05) is 25.1 Å². The Kier molecular flexibility index (Phi) is 4.87. The quantitative estimate of drug-likeness (QED) is 0.831. The van der Waals surface area contributed by atoms with Crippen molar-refractivity contribution in [3.63, 3.8) is 0 Å². The van der Waals surface area contributed by atoms with Gasteiger partial charge in [0.1, 0.15) is 6.10 Å². The highest BCUT2D eigenvalue weighted by atomic mass is 16.7. The summed E-state index contributed by atoms with van der Waals surface area (Å²) < 4.78 is 11.7. The summed E-state index contributed by atoms with van der Waals surface area (Å²) in [5, 5.41) is 5.28. The van der Waals surface area contributed by atoms with Crippen molar-refractivity contribution in [1.82, 2.24) is 5.32 Å². The monoisotopic (exact) mass is 332 g/mol. The number of nitrogens with one attached hydrogen (secondary N) is 2. The van der Waals surface area contributed by atoms with Crippen LogP contribution in [0.25, 0.3) is 0 Å². The average Bonchev–Trinajstić information content (AvgIpc) is 3.18. The molecule has 3 rings (SSSR count). The molecule has 1 saturated carbocycles. The van der Waals surface area contributed by atoms with E-state index in [9.17, 15) is 9.59 Å². The van der Waals surface area contributed by atoms with E-state index in [1.807, 2.05) is 32.0 Å². The molecule has 1 atom stereocenters. The molecule has 0 bridgehead atoms. The Morgan fingerprint density at radius 2 is 1.96 bits per heavy atom. The zero-order valence-electron chi connectivity index (χ0n) is 14.2. The third-order valence-corrected chi connectivity index (χ3v) is 4.62. The molecule has 130 valence electrons. The van der Waals surface area contributed by atoms with Crippen LogP contribution in [-0.4, -0.2) is 36.9 Å². The molecule has 0 radical (unpaired) electrons. The van der Waals surface area contributed by atoms with Gasteiger partial charge in [-0.2, -0.15) is 0 Å². The predicted molar refractivity (Wildman–Crippen MR) is 89.6 cm³/mol. The van der Waals surface area contributed by atoms with E-state index < -0.39 is 17.6 Å². The number of benzene rings is 1. The number of anilines is 1.